The van der Waals surface area contributed by atoms with Crippen LogP contribution >= 0.6 is 0 Å². The van der Waals surface area contributed by atoms with Crippen molar-refractivity contribution in [2.75, 3.05) is 32.0 Å². The summed E-state index contributed by atoms with van der Waals surface area (Å²) in [5.74, 6) is -0.254. The first-order valence-corrected chi connectivity index (χ1v) is 11.7. The fourth-order valence-electron chi connectivity index (χ4n) is 3.90. The first-order valence-electron chi connectivity index (χ1n) is 11.7. The normalized spacial score (nSPS) is 16.9. The SMILES string of the molecule is CN/C(=C\C=N)C(=N)OC(=N)Nc1cc(C)cc(CN2CCN(C(=O)OC(C)(C)C)[C@@H](C)C2)c1C. The molecule has 1 aromatic carbocycles. The second kappa shape index (κ2) is 11.8. The van der Waals surface area contributed by atoms with E-state index in [1.165, 1.54) is 6.08 Å². The van der Waals surface area contributed by atoms with E-state index in [1.54, 1.807) is 11.9 Å². The number of rotatable bonds is 6. The highest BCUT2D eigenvalue weighted by molar-refractivity contribution is 6.03. The molecule has 0 aliphatic carbocycles. The van der Waals surface area contributed by atoms with Crippen molar-refractivity contribution in [3.8, 4) is 0 Å². The third-order valence-electron chi connectivity index (χ3n) is 5.61. The van der Waals surface area contributed by atoms with Gasteiger partial charge >= 0.3 is 6.09 Å². The Morgan fingerprint density at radius 1 is 1.23 bits per heavy atom. The van der Waals surface area contributed by atoms with E-state index in [9.17, 15) is 4.79 Å². The summed E-state index contributed by atoms with van der Waals surface area (Å²) in [5.41, 5.74) is 3.66. The summed E-state index contributed by atoms with van der Waals surface area (Å²) in [6, 6.07) is 3.82. The summed E-state index contributed by atoms with van der Waals surface area (Å²) in [6.07, 6.45) is 2.16. The Morgan fingerprint density at radius 2 is 1.91 bits per heavy atom. The van der Waals surface area contributed by atoms with Crippen molar-refractivity contribution < 1.29 is 14.3 Å². The maximum atomic E-state index is 12.5. The summed E-state index contributed by atoms with van der Waals surface area (Å²) < 4.78 is 10.8. The number of likely N-dealkylation sites (N-methyl/N-ethyl adjacent to an activating group) is 1. The third kappa shape index (κ3) is 8.10. The minimum atomic E-state index is -0.517. The van der Waals surface area contributed by atoms with Gasteiger partial charge in [0.25, 0.3) is 6.02 Å². The van der Waals surface area contributed by atoms with Crippen LogP contribution in [-0.4, -0.2) is 72.4 Å². The van der Waals surface area contributed by atoms with Crippen LogP contribution < -0.4 is 10.6 Å². The summed E-state index contributed by atoms with van der Waals surface area (Å²) in [5, 5.41) is 29.0. The molecule has 1 aromatic rings. The van der Waals surface area contributed by atoms with Crippen LogP contribution in [0.1, 0.15) is 44.4 Å². The molecule has 0 bridgehead atoms. The van der Waals surface area contributed by atoms with Crippen molar-refractivity contribution in [3.63, 3.8) is 0 Å². The third-order valence-corrected chi connectivity index (χ3v) is 5.61. The summed E-state index contributed by atoms with van der Waals surface area (Å²) in [7, 11) is 1.62. The lowest BCUT2D eigenvalue weighted by molar-refractivity contribution is 0.000539. The van der Waals surface area contributed by atoms with E-state index in [2.05, 4.69) is 21.6 Å². The lowest BCUT2D eigenvalue weighted by Crippen LogP contribution is -2.54. The van der Waals surface area contributed by atoms with Crippen LogP contribution in [0.2, 0.25) is 0 Å². The molecule has 192 valence electrons. The van der Waals surface area contributed by atoms with Crippen molar-refractivity contribution in [3.05, 3.63) is 40.6 Å². The molecule has 1 aliphatic heterocycles. The average molecular weight is 486 g/mol. The number of benzene rings is 1. The first-order chi connectivity index (χ1) is 16.3. The number of hydrogen-bond acceptors (Lipinski definition) is 8. The Labute approximate surface area is 208 Å². The molecule has 10 heteroatoms. The van der Waals surface area contributed by atoms with E-state index in [1.807, 2.05) is 47.6 Å². The van der Waals surface area contributed by atoms with Gasteiger partial charge in [-0.2, -0.15) is 0 Å². The van der Waals surface area contributed by atoms with Gasteiger partial charge in [0.1, 0.15) is 5.60 Å². The first kappa shape index (κ1) is 27.8. The van der Waals surface area contributed by atoms with Gasteiger partial charge in [0.15, 0.2) is 0 Å². The molecule has 35 heavy (non-hydrogen) atoms. The van der Waals surface area contributed by atoms with Gasteiger partial charge in [-0.05, 0) is 70.4 Å². The highest BCUT2D eigenvalue weighted by Gasteiger charge is 2.31. The van der Waals surface area contributed by atoms with Gasteiger partial charge in [0, 0.05) is 51.2 Å². The minimum absolute atomic E-state index is 0.0318. The van der Waals surface area contributed by atoms with E-state index in [0.717, 1.165) is 41.7 Å². The maximum Gasteiger partial charge on any atom is 0.410 e. The lowest BCUT2D eigenvalue weighted by Gasteiger charge is -2.40. The Balaban J connectivity index is 2.06. The number of aryl methyl sites for hydroxylation is 1. The maximum absolute atomic E-state index is 12.5. The molecule has 10 nitrogen and oxygen atoms in total. The molecule has 0 aromatic heterocycles. The minimum Gasteiger partial charge on any atom is -0.444 e. The number of nitrogens with zero attached hydrogens (tertiary/aromatic N) is 2. The summed E-state index contributed by atoms with van der Waals surface area (Å²) in [4.78, 5) is 16.6. The molecule has 2 rings (SSSR count). The molecular formula is C25H39N7O3. The van der Waals surface area contributed by atoms with Gasteiger partial charge < -0.3 is 30.4 Å². The molecular weight excluding hydrogens is 446 g/mol. The number of carbonyl (C=O) groups excluding carboxylic acids is 1. The van der Waals surface area contributed by atoms with Crippen molar-refractivity contribution in [1.82, 2.24) is 15.1 Å². The quantitative estimate of drug-likeness (QED) is 0.307. The van der Waals surface area contributed by atoms with Crippen LogP contribution in [0.3, 0.4) is 0 Å². The smallest absolute Gasteiger partial charge is 0.410 e. The number of amidine groups is 1. The van der Waals surface area contributed by atoms with E-state index in [4.69, 9.17) is 25.7 Å². The predicted molar refractivity (Wildman–Crippen MR) is 140 cm³/mol. The van der Waals surface area contributed by atoms with Crippen LogP contribution in [0.25, 0.3) is 0 Å². The van der Waals surface area contributed by atoms with Crippen LogP contribution in [0.5, 0.6) is 0 Å². The molecule has 0 saturated carbocycles. The number of carbonyl (C=O) groups is 1. The van der Waals surface area contributed by atoms with Gasteiger partial charge in [-0.25, -0.2) is 4.79 Å². The molecule has 1 atom stereocenters. The van der Waals surface area contributed by atoms with Crippen molar-refractivity contribution in [2.45, 2.75) is 59.7 Å². The average Bonchev–Trinajstić information content (AvgIpc) is 2.73. The zero-order valence-corrected chi connectivity index (χ0v) is 21.8. The second-order valence-electron chi connectivity index (χ2n) is 9.74. The summed E-state index contributed by atoms with van der Waals surface area (Å²) in [6.45, 7) is 14.4. The zero-order chi connectivity index (χ0) is 26.3. The van der Waals surface area contributed by atoms with Crippen LogP contribution in [0, 0.1) is 30.1 Å². The lowest BCUT2D eigenvalue weighted by atomic mass is 10.0. The van der Waals surface area contributed by atoms with Gasteiger partial charge in [0.05, 0.1) is 5.70 Å². The number of amides is 1. The van der Waals surface area contributed by atoms with Crippen LogP contribution in [0.15, 0.2) is 23.9 Å². The zero-order valence-electron chi connectivity index (χ0n) is 21.8. The van der Waals surface area contributed by atoms with E-state index >= 15 is 0 Å². The Bertz CT molecular complexity index is 998. The van der Waals surface area contributed by atoms with Gasteiger partial charge in [0.2, 0.25) is 5.90 Å². The van der Waals surface area contributed by atoms with Crippen molar-refractivity contribution in [1.29, 1.82) is 16.2 Å². The van der Waals surface area contributed by atoms with E-state index in [0.29, 0.717) is 18.8 Å². The largest absolute Gasteiger partial charge is 0.444 e. The number of anilines is 1. The van der Waals surface area contributed by atoms with Crippen LogP contribution in [0.4, 0.5) is 10.5 Å². The van der Waals surface area contributed by atoms with Crippen molar-refractivity contribution >= 4 is 29.9 Å². The van der Waals surface area contributed by atoms with E-state index < -0.39 is 5.60 Å². The standard InChI is InChI=1S/C25H39N7O3/c1-16-12-19(15-31-10-11-32(17(2)14-31)24(33)35-25(4,5)6)18(3)21(13-16)30-23(28)34-22(27)20(29-7)8-9-26/h8-9,12-13,17,26-27,29H,10-11,14-15H2,1-7H3,(H2,28,30)/b20-8-,26-9?,27-22?/t17-/m0/s1. The number of allylic oxidation sites excluding steroid dienone is 1. The van der Waals surface area contributed by atoms with Crippen molar-refractivity contribution in [2.24, 2.45) is 0 Å². The summed E-state index contributed by atoms with van der Waals surface area (Å²) >= 11 is 0. The molecule has 5 N–H and O–H groups in total. The van der Waals surface area contributed by atoms with Gasteiger partial charge in [-0.15, -0.1) is 0 Å². The molecule has 1 fully saturated rings. The Hall–Kier alpha value is -3.40. The number of hydrogen-bond donors (Lipinski definition) is 5. The molecule has 0 spiro atoms. The van der Waals surface area contributed by atoms with E-state index in [-0.39, 0.29) is 24.1 Å². The second-order valence-corrected chi connectivity index (χ2v) is 9.74. The molecule has 1 saturated heterocycles. The number of piperazine rings is 1. The predicted octanol–water partition coefficient (Wildman–Crippen LogP) is 3.84. The number of ether oxygens (including phenoxy) is 2. The molecule has 1 amide bonds. The fraction of sp³-hybridized carbons (Fsp3) is 0.520. The van der Waals surface area contributed by atoms with Gasteiger partial charge in [-0.1, -0.05) is 6.07 Å². The van der Waals surface area contributed by atoms with Crippen LogP contribution in [-0.2, 0) is 16.0 Å². The van der Waals surface area contributed by atoms with Gasteiger partial charge in [-0.3, -0.25) is 15.7 Å². The highest BCUT2D eigenvalue weighted by atomic mass is 16.6. The Kier molecular flexibility index (Phi) is 9.41. The molecule has 1 heterocycles. The Morgan fingerprint density at radius 3 is 2.49 bits per heavy atom. The monoisotopic (exact) mass is 485 g/mol. The molecule has 0 unspecified atom stereocenters. The highest BCUT2D eigenvalue weighted by Crippen LogP contribution is 2.25. The number of nitrogens with one attached hydrogen (secondary N) is 5. The fourth-order valence-corrected chi connectivity index (χ4v) is 3.90. The topological polar surface area (TPSA) is 138 Å². The molecule has 1 aliphatic rings. The molecule has 0 radical (unpaired) electrons.